The van der Waals surface area contributed by atoms with Gasteiger partial charge in [-0.1, -0.05) is 18.6 Å². The molecule has 0 aromatic carbocycles. The molecular formula is C12H22O3. The van der Waals surface area contributed by atoms with Crippen LogP contribution in [0.3, 0.4) is 0 Å². The van der Waals surface area contributed by atoms with E-state index < -0.39 is 5.79 Å². The molecule has 0 amide bonds. The van der Waals surface area contributed by atoms with Crippen LogP contribution in [0, 0.1) is 0 Å². The van der Waals surface area contributed by atoms with Gasteiger partial charge in [0.1, 0.15) is 0 Å². The van der Waals surface area contributed by atoms with Crippen molar-refractivity contribution >= 4 is 0 Å². The van der Waals surface area contributed by atoms with Crippen molar-refractivity contribution in [3.05, 3.63) is 25.3 Å². The first-order chi connectivity index (χ1) is 7.12. The van der Waals surface area contributed by atoms with E-state index in [0.29, 0.717) is 26.1 Å². The van der Waals surface area contributed by atoms with E-state index in [1.165, 1.54) is 0 Å². The molecule has 1 rings (SSSR count). The zero-order valence-corrected chi connectivity index (χ0v) is 9.32. The van der Waals surface area contributed by atoms with Crippen LogP contribution in [0.5, 0.6) is 0 Å². The summed E-state index contributed by atoms with van der Waals surface area (Å²) in [6.45, 7) is 8.18. The minimum absolute atomic E-state index is 0.562. The molecule has 1 fully saturated rings. The van der Waals surface area contributed by atoms with E-state index in [0.717, 1.165) is 19.3 Å². The Bertz CT molecular complexity index is 160. The van der Waals surface area contributed by atoms with Gasteiger partial charge in [0.2, 0.25) is 0 Å². The molecule has 0 radical (unpaired) electrons. The van der Waals surface area contributed by atoms with E-state index in [1.54, 1.807) is 12.2 Å². The molecule has 0 bridgehead atoms. The molecule has 88 valence electrons. The highest BCUT2D eigenvalue weighted by molar-refractivity contribution is 4.69. The lowest BCUT2D eigenvalue weighted by atomic mass is 9.95. The van der Waals surface area contributed by atoms with Crippen molar-refractivity contribution in [3.8, 4) is 0 Å². The third kappa shape index (κ3) is 9.66. The fourth-order valence-electron chi connectivity index (χ4n) is 1.35. The van der Waals surface area contributed by atoms with E-state index in [9.17, 15) is 0 Å². The highest BCUT2D eigenvalue weighted by Gasteiger charge is 2.24. The van der Waals surface area contributed by atoms with Gasteiger partial charge in [0.25, 0.3) is 0 Å². The van der Waals surface area contributed by atoms with Gasteiger partial charge < -0.3 is 14.9 Å². The molecule has 0 heterocycles. The molecule has 0 atom stereocenters. The molecule has 3 heteroatoms. The standard InChI is InChI=1S/C6H12O2.C6H10O/c7-6(8)4-2-1-3-5-6;1-3-5-7-6-4-2/h7-8H,1-5H2;3-4H,1-2,5-6H2. The summed E-state index contributed by atoms with van der Waals surface area (Å²) >= 11 is 0. The second-order valence-electron chi connectivity index (χ2n) is 3.66. The summed E-state index contributed by atoms with van der Waals surface area (Å²) in [6.07, 6.45) is 7.63. The summed E-state index contributed by atoms with van der Waals surface area (Å²) in [5.41, 5.74) is 0. The Morgan fingerprint density at radius 1 is 1.00 bits per heavy atom. The van der Waals surface area contributed by atoms with Gasteiger partial charge in [0.05, 0.1) is 13.2 Å². The molecule has 1 aliphatic rings. The number of ether oxygens (including phenoxy) is 1. The summed E-state index contributed by atoms with van der Waals surface area (Å²) in [5.74, 6) is -1.32. The third-order valence-corrected chi connectivity index (χ3v) is 2.13. The topological polar surface area (TPSA) is 49.7 Å². The molecular weight excluding hydrogens is 192 g/mol. The Labute approximate surface area is 92.1 Å². The summed E-state index contributed by atoms with van der Waals surface area (Å²) in [6, 6.07) is 0. The van der Waals surface area contributed by atoms with Crippen LogP contribution in [0.1, 0.15) is 32.1 Å². The zero-order valence-electron chi connectivity index (χ0n) is 9.32. The first kappa shape index (κ1) is 14.4. The average molecular weight is 214 g/mol. The van der Waals surface area contributed by atoms with Crippen LogP contribution >= 0.6 is 0 Å². The lowest BCUT2D eigenvalue weighted by molar-refractivity contribution is -0.180. The van der Waals surface area contributed by atoms with E-state index >= 15 is 0 Å². The van der Waals surface area contributed by atoms with Gasteiger partial charge in [0.15, 0.2) is 5.79 Å². The molecule has 2 N–H and O–H groups in total. The Morgan fingerprint density at radius 3 is 1.73 bits per heavy atom. The third-order valence-electron chi connectivity index (χ3n) is 2.13. The van der Waals surface area contributed by atoms with Crippen molar-refractivity contribution in [1.29, 1.82) is 0 Å². The normalized spacial score (nSPS) is 18.5. The Balaban J connectivity index is 0.000000265. The van der Waals surface area contributed by atoms with Gasteiger partial charge >= 0.3 is 0 Å². The van der Waals surface area contributed by atoms with Gasteiger partial charge in [-0.05, 0) is 12.8 Å². The Kier molecular flexibility index (Phi) is 8.28. The van der Waals surface area contributed by atoms with Crippen LogP contribution in [-0.4, -0.2) is 29.2 Å². The molecule has 1 aliphatic carbocycles. The van der Waals surface area contributed by atoms with Gasteiger partial charge in [-0.15, -0.1) is 13.2 Å². The molecule has 0 spiro atoms. The molecule has 3 nitrogen and oxygen atoms in total. The average Bonchev–Trinajstić information content (AvgIpc) is 2.19. The summed E-state index contributed by atoms with van der Waals surface area (Å²) in [4.78, 5) is 0. The number of rotatable bonds is 4. The van der Waals surface area contributed by atoms with Crippen molar-refractivity contribution in [2.24, 2.45) is 0 Å². The van der Waals surface area contributed by atoms with Crippen LogP contribution in [0.15, 0.2) is 25.3 Å². The smallest absolute Gasteiger partial charge is 0.162 e. The fourth-order valence-corrected chi connectivity index (χ4v) is 1.35. The van der Waals surface area contributed by atoms with E-state index in [4.69, 9.17) is 14.9 Å². The van der Waals surface area contributed by atoms with Crippen molar-refractivity contribution in [3.63, 3.8) is 0 Å². The highest BCUT2D eigenvalue weighted by Crippen LogP contribution is 2.24. The first-order valence-corrected chi connectivity index (χ1v) is 5.36. The molecule has 0 saturated heterocycles. The summed E-state index contributed by atoms with van der Waals surface area (Å²) in [7, 11) is 0. The van der Waals surface area contributed by atoms with E-state index in [2.05, 4.69) is 13.2 Å². The second-order valence-corrected chi connectivity index (χ2v) is 3.66. The van der Waals surface area contributed by atoms with E-state index in [-0.39, 0.29) is 0 Å². The lowest BCUT2D eigenvalue weighted by Crippen LogP contribution is -2.30. The molecule has 0 aromatic rings. The van der Waals surface area contributed by atoms with Gasteiger partial charge in [-0.25, -0.2) is 0 Å². The monoisotopic (exact) mass is 214 g/mol. The van der Waals surface area contributed by atoms with Gasteiger partial charge in [0, 0.05) is 12.8 Å². The van der Waals surface area contributed by atoms with Crippen molar-refractivity contribution in [2.45, 2.75) is 37.9 Å². The molecule has 0 aliphatic heterocycles. The fraction of sp³-hybridized carbons (Fsp3) is 0.667. The SMILES string of the molecule is C=CCOCC=C.OC1(O)CCCCC1. The predicted molar refractivity (Wildman–Crippen MR) is 61.5 cm³/mol. The molecule has 15 heavy (non-hydrogen) atoms. The maximum Gasteiger partial charge on any atom is 0.162 e. The number of hydrogen-bond donors (Lipinski definition) is 2. The van der Waals surface area contributed by atoms with Crippen LogP contribution < -0.4 is 0 Å². The van der Waals surface area contributed by atoms with Crippen LogP contribution in [0.25, 0.3) is 0 Å². The van der Waals surface area contributed by atoms with Crippen LogP contribution in [0.4, 0.5) is 0 Å². The van der Waals surface area contributed by atoms with Crippen LogP contribution in [0.2, 0.25) is 0 Å². The highest BCUT2D eigenvalue weighted by atomic mass is 16.5. The Morgan fingerprint density at radius 2 is 1.47 bits per heavy atom. The minimum atomic E-state index is -1.32. The number of hydrogen-bond acceptors (Lipinski definition) is 3. The van der Waals surface area contributed by atoms with Gasteiger partial charge in [-0.3, -0.25) is 0 Å². The van der Waals surface area contributed by atoms with Crippen molar-refractivity contribution in [2.75, 3.05) is 13.2 Å². The molecule has 0 aromatic heterocycles. The lowest BCUT2D eigenvalue weighted by Gasteiger charge is -2.25. The Hall–Kier alpha value is -0.640. The quantitative estimate of drug-likeness (QED) is 0.427. The maximum absolute atomic E-state index is 8.93. The van der Waals surface area contributed by atoms with Crippen LogP contribution in [-0.2, 0) is 4.74 Å². The van der Waals surface area contributed by atoms with E-state index in [1.807, 2.05) is 0 Å². The maximum atomic E-state index is 8.93. The van der Waals surface area contributed by atoms with Gasteiger partial charge in [-0.2, -0.15) is 0 Å². The first-order valence-electron chi connectivity index (χ1n) is 5.36. The number of aliphatic hydroxyl groups is 2. The summed E-state index contributed by atoms with van der Waals surface area (Å²) in [5, 5.41) is 17.9. The van der Waals surface area contributed by atoms with Crippen molar-refractivity contribution in [1.82, 2.24) is 0 Å². The van der Waals surface area contributed by atoms with Crippen molar-refractivity contribution < 1.29 is 14.9 Å². The molecule has 0 unspecified atom stereocenters. The predicted octanol–water partition coefficient (Wildman–Crippen LogP) is 2.01. The molecule has 1 saturated carbocycles. The zero-order chi connectivity index (χ0) is 11.6. The largest absolute Gasteiger partial charge is 0.373 e. The summed E-state index contributed by atoms with van der Waals surface area (Å²) < 4.78 is 4.90. The minimum Gasteiger partial charge on any atom is -0.373 e. The second kappa shape index (κ2) is 8.65.